The number of hydrogen-bond acceptors (Lipinski definition) is 5. The number of rotatable bonds is 6. The molecule has 0 aliphatic carbocycles. The monoisotopic (exact) mass is 366 g/mol. The van der Waals surface area contributed by atoms with Gasteiger partial charge in [0.2, 0.25) is 0 Å². The Balaban J connectivity index is 2.12. The van der Waals surface area contributed by atoms with E-state index in [1.807, 2.05) is 36.4 Å². The van der Waals surface area contributed by atoms with Crippen LogP contribution in [0, 0.1) is 20.2 Å². The highest BCUT2D eigenvalue weighted by Crippen LogP contribution is 2.42. The third-order valence-corrected chi connectivity index (χ3v) is 4.97. The van der Waals surface area contributed by atoms with Crippen LogP contribution in [-0.2, 0) is 5.75 Å². The van der Waals surface area contributed by atoms with Crippen molar-refractivity contribution in [1.82, 2.24) is 0 Å². The van der Waals surface area contributed by atoms with Crippen molar-refractivity contribution in [2.45, 2.75) is 10.6 Å². The fraction of sp³-hybridized carbons (Fsp3) is 0.0526. The number of hydrogen-bond donors (Lipinski definition) is 0. The molecule has 130 valence electrons. The van der Waals surface area contributed by atoms with Crippen molar-refractivity contribution in [2.24, 2.45) is 0 Å². The summed E-state index contributed by atoms with van der Waals surface area (Å²) in [7, 11) is 0. The molecule has 3 aromatic rings. The second kappa shape index (κ2) is 7.79. The average molecular weight is 366 g/mol. The Morgan fingerprint density at radius 3 is 2.00 bits per heavy atom. The van der Waals surface area contributed by atoms with E-state index in [2.05, 4.69) is 0 Å². The predicted octanol–water partition coefficient (Wildman–Crippen LogP) is 5.46. The van der Waals surface area contributed by atoms with Crippen LogP contribution >= 0.6 is 11.8 Å². The average Bonchev–Trinajstić information content (AvgIpc) is 2.67. The zero-order valence-corrected chi connectivity index (χ0v) is 14.4. The van der Waals surface area contributed by atoms with Gasteiger partial charge in [-0.1, -0.05) is 60.7 Å². The molecule has 0 amide bonds. The first-order valence-corrected chi connectivity index (χ1v) is 8.74. The van der Waals surface area contributed by atoms with Gasteiger partial charge in [-0.05, 0) is 11.1 Å². The highest BCUT2D eigenvalue weighted by atomic mass is 32.2. The molecule has 0 aromatic heterocycles. The molecule has 0 aliphatic heterocycles. The van der Waals surface area contributed by atoms with Gasteiger partial charge in [0.15, 0.2) is 0 Å². The van der Waals surface area contributed by atoms with Gasteiger partial charge in [0.05, 0.1) is 20.8 Å². The summed E-state index contributed by atoms with van der Waals surface area (Å²) >= 11 is 1.31. The summed E-state index contributed by atoms with van der Waals surface area (Å²) in [5, 5.41) is 22.8. The van der Waals surface area contributed by atoms with Gasteiger partial charge < -0.3 is 0 Å². The van der Waals surface area contributed by atoms with E-state index >= 15 is 0 Å². The lowest BCUT2D eigenvalue weighted by molar-refractivity contribution is -0.395. The Hall–Kier alpha value is -3.19. The van der Waals surface area contributed by atoms with Gasteiger partial charge in [0.1, 0.15) is 0 Å². The van der Waals surface area contributed by atoms with Gasteiger partial charge in [-0.25, -0.2) is 0 Å². The molecule has 0 N–H and O–H groups in total. The summed E-state index contributed by atoms with van der Waals surface area (Å²) in [6.45, 7) is 0. The van der Waals surface area contributed by atoms with Crippen molar-refractivity contribution >= 4 is 23.1 Å². The summed E-state index contributed by atoms with van der Waals surface area (Å²) in [5.74, 6) is 0.527. The van der Waals surface area contributed by atoms with Crippen LogP contribution in [0.15, 0.2) is 77.7 Å². The number of nitrogens with zero attached hydrogens (tertiary/aromatic N) is 2. The second-order valence-corrected chi connectivity index (χ2v) is 6.48. The van der Waals surface area contributed by atoms with Crippen LogP contribution in [0.3, 0.4) is 0 Å². The van der Waals surface area contributed by atoms with Crippen molar-refractivity contribution in [3.63, 3.8) is 0 Å². The molecular formula is C19H14N2O4S. The Bertz CT molecular complexity index is 947. The number of non-ortho nitro benzene ring substituents is 1. The Morgan fingerprint density at radius 2 is 1.42 bits per heavy atom. The SMILES string of the molecule is O=[N+]([O-])c1cc(-c2ccccc2)c(SCc2ccccc2)c([N+](=O)[O-])c1. The number of nitro groups is 2. The highest BCUT2D eigenvalue weighted by Gasteiger charge is 2.25. The maximum Gasteiger partial charge on any atom is 0.290 e. The van der Waals surface area contributed by atoms with E-state index in [0.29, 0.717) is 21.8 Å². The third kappa shape index (κ3) is 3.89. The molecule has 0 saturated carbocycles. The maximum absolute atomic E-state index is 11.6. The first-order valence-electron chi connectivity index (χ1n) is 7.75. The topological polar surface area (TPSA) is 86.3 Å². The first-order chi connectivity index (χ1) is 12.6. The summed E-state index contributed by atoms with van der Waals surface area (Å²) in [5.41, 5.74) is 1.67. The Morgan fingerprint density at radius 1 is 0.808 bits per heavy atom. The zero-order chi connectivity index (χ0) is 18.5. The van der Waals surface area contributed by atoms with Gasteiger partial charge in [0, 0.05) is 17.4 Å². The van der Waals surface area contributed by atoms with Gasteiger partial charge >= 0.3 is 0 Å². The summed E-state index contributed by atoms with van der Waals surface area (Å²) in [6, 6.07) is 21.0. The lowest BCUT2D eigenvalue weighted by Crippen LogP contribution is -1.98. The van der Waals surface area contributed by atoms with E-state index < -0.39 is 9.85 Å². The minimum absolute atomic E-state index is 0.251. The lowest BCUT2D eigenvalue weighted by Gasteiger charge is -2.10. The Labute approximate surface area is 153 Å². The standard InChI is InChI=1S/C19H14N2O4S/c22-20(23)16-11-17(15-9-5-2-6-10-15)19(18(12-16)21(24)25)26-13-14-7-3-1-4-8-14/h1-12H,13H2. The van der Waals surface area contributed by atoms with Crippen molar-refractivity contribution in [3.05, 3.63) is 98.6 Å². The van der Waals surface area contributed by atoms with Crippen LogP contribution in [0.5, 0.6) is 0 Å². The Kier molecular flexibility index (Phi) is 5.28. The molecular weight excluding hydrogens is 352 g/mol. The van der Waals surface area contributed by atoms with Crippen LogP contribution in [0.4, 0.5) is 11.4 Å². The molecule has 6 nitrogen and oxygen atoms in total. The van der Waals surface area contributed by atoms with Gasteiger partial charge in [0.25, 0.3) is 11.4 Å². The zero-order valence-electron chi connectivity index (χ0n) is 13.6. The molecule has 0 saturated heterocycles. The van der Waals surface area contributed by atoms with Gasteiger partial charge in [-0.3, -0.25) is 20.2 Å². The largest absolute Gasteiger partial charge is 0.290 e. The molecule has 0 bridgehead atoms. The van der Waals surface area contributed by atoms with Crippen LogP contribution in [0.25, 0.3) is 11.1 Å². The van der Waals surface area contributed by atoms with E-state index in [4.69, 9.17) is 0 Å². The van der Waals surface area contributed by atoms with Gasteiger partial charge in [-0.2, -0.15) is 0 Å². The fourth-order valence-electron chi connectivity index (χ4n) is 2.55. The molecule has 0 heterocycles. The molecule has 0 spiro atoms. The van der Waals surface area contributed by atoms with Crippen LogP contribution in [0.1, 0.15) is 5.56 Å². The van der Waals surface area contributed by atoms with Crippen molar-refractivity contribution in [1.29, 1.82) is 0 Å². The summed E-state index contributed by atoms with van der Waals surface area (Å²) in [6.07, 6.45) is 0. The first kappa shape index (κ1) is 17.6. The minimum Gasteiger partial charge on any atom is -0.258 e. The summed E-state index contributed by atoms with van der Waals surface area (Å²) < 4.78 is 0. The molecule has 0 radical (unpaired) electrons. The molecule has 0 atom stereocenters. The van der Waals surface area contributed by atoms with Crippen molar-refractivity contribution in [3.8, 4) is 11.1 Å². The molecule has 7 heteroatoms. The number of nitro benzene ring substituents is 2. The molecule has 0 aliphatic rings. The van der Waals surface area contributed by atoms with E-state index in [1.54, 1.807) is 24.3 Å². The fourth-order valence-corrected chi connectivity index (χ4v) is 3.67. The molecule has 26 heavy (non-hydrogen) atoms. The van der Waals surface area contributed by atoms with E-state index in [0.717, 1.165) is 11.6 Å². The number of benzene rings is 3. The third-order valence-electron chi connectivity index (χ3n) is 3.77. The van der Waals surface area contributed by atoms with Crippen LogP contribution in [-0.4, -0.2) is 9.85 Å². The minimum atomic E-state index is -0.606. The van der Waals surface area contributed by atoms with Crippen LogP contribution in [0.2, 0.25) is 0 Å². The predicted molar refractivity (Wildman–Crippen MR) is 101 cm³/mol. The van der Waals surface area contributed by atoms with E-state index in [-0.39, 0.29) is 11.4 Å². The molecule has 3 rings (SSSR count). The smallest absolute Gasteiger partial charge is 0.258 e. The number of thioether (sulfide) groups is 1. The highest BCUT2D eigenvalue weighted by molar-refractivity contribution is 7.98. The summed E-state index contributed by atoms with van der Waals surface area (Å²) in [4.78, 5) is 22.0. The van der Waals surface area contributed by atoms with Crippen molar-refractivity contribution in [2.75, 3.05) is 0 Å². The van der Waals surface area contributed by atoms with Crippen LogP contribution < -0.4 is 0 Å². The van der Waals surface area contributed by atoms with E-state index in [1.165, 1.54) is 17.8 Å². The second-order valence-electron chi connectivity index (χ2n) is 5.50. The quantitative estimate of drug-likeness (QED) is 0.328. The maximum atomic E-state index is 11.6. The van der Waals surface area contributed by atoms with E-state index in [9.17, 15) is 20.2 Å². The molecule has 0 fully saturated rings. The molecule has 3 aromatic carbocycles. The van der Waals surface area contributed by atoms with Gasteiger partial charge in [-0.15, -0.1) is 11.8 Å². The molecule has 0 unspecified atom stereocenters. The van der Waals surface area contributed by atoms with Crippen molar-refractivity contribution < 1.29 is 9.85 Å². The lowest BCUT2D eigenvalue weighted by atomic mass is 10.0. The normalized spacial score (nSPS) is 10.5.